The van der Waals surface area contributed by atoms with Crippen LogP contribution in [-0.2, 0) is 4.79 Å². The third-order valence-electron chi connectivity index (χ3n) is 3.92. The highest BCUT2D eigenvalue weighted by Crippen LogP contribution is 2.42. The second-order valence-electron chi connectivity index (χ2n) is 5.22. The van der Waals surface area contributed by atoms with E-state index in [4.69, 9.17) is 17.0 Å². The highest BCUT2D eigenvalue weighted by molar-refractivity contribution is 9.10. The summed E-state index contributed by atoms with van der Waals surface area (Å²) in [6.45, 7) is 0. The summed E-state index contributed by atoms with van der Waals surface area (Å²) in [5.41, 5.74) is 2.34. The predicted octanol–water partition coefficient (Wildman–Crippen LogP) is 2.69. The van der Waals surface area contributed by atoms with Crippen LogP contribution in [0, 0.1) is 0 Å². The van der Waals surface area contributed by atoms with Gasteiger partial charge in [0.1, 0.15) is 0 Å². The summed E-state index contributed by atoms with van der Waals surface area (Å²) in [7, 11) is 1.49. The van der Waals surface area contributed by atoms with Crippen LogP contribution in [0.3, 0.4) is 0 Å². The van der Waals surface area contributed by atoms with Crippen LogP contribution in [-0.4, -0.2) is 23.1 Å². The molecular formula is C15H15BrN2O3S. The summed E-state index contributed by atoms with van der Waals surface area (Å²) in [4.78, 5) is 12.4. The van der Waals surface area contributed by atoms with Gasteiger partial charge in [-0.2, -0.15) is 0 Å². The SMILES string of the molecule is COc1ccc(C2NC(=S)NC3=C2C(=O)CCC3)c(Br)c1O. The lowest BCUT2D eigenvalue weighted by molar-refractivity contribution is -0.116. The van der Waals surface area contributed by atoms with Crippen LogP contribution < -0.4 is 15.4 Å². The quantitative estimate of drug-likeness (QED) is 0.683. The molecule has 5 nitrogen and oxygen atoms in total. The Morgan fingerprint density at radius 1 is 1.41 bits per heavy atom. The average molecular weight is 383 g/mol. The van der Waals surface area contributed by atoms with Gasteiger partial charge in [0.25, 0.3) is 0 Å². The lowest BCUT2D eigenvalue weighted by Gasteiger charge is -2.34. The number of allylic oxidation sites excluding steroid dienone is 1. The zero-order valence-electron chi connectivity index (χ0n) is 11.9. The molecule has 0 saturated heterocycles. The molecule has 1 unspecified atom stereocenters. The highest BCUT2D eigenvalue weighted by atomic mass is 79.9. The monoisotopic (exact) mass is 382 g/mol. The molecule has 116 valence electrons. The summed E-state index contributed by atoms with van der Waals surface area (Å²) in [6.07, 6.45) is 2.17. The molecule has 3 rings (SSSR count). The molecule has 22 heavy (non-hydrogen) atoms. The van der Waals surface area contributed by atoms with E-state index in [0.717, 1.165) is 24.1 Å². The minimum atomic E-state index is -0.372. The third-order valence-corrected chi connectivity index (χ3v) is 4.98. The van der Waals surface area contributed by atoms with Crippen LogP contribution in [0.5, 0.6) is 11.5 Å². The number of rotatable bonds is 2. The summed E-state index contributed by atoms with van der Waals surface area (Å²) in [5, 5.41) is 16.9. The molecule has 0 amide bonds. The van der Waals surface area contributed by atoms with Crippen LogP contribution in [0.15, 0.2) is 27.9 Å². The number of thiocarbonyl (C=S) groups is 1. The molecule has 0 aromatic heterocycles. The van der Waals surface area contributed by atoms with Crippen molar-refractivity contribution in [2.45, 2.75) is 25.3 Å². The van der Waals surface area contributed by atoms with E-state index in [-0.39, 0.29) is 17.6 Å². The number of phenolic OH excluding ortho intramolecular Hbond substituents is 1. The first-order valence-electron chi connectivity index (χ1n) is 6.92. The smallest absolute Gasteiger partial charge is 0.172 e. The number of ketones is 1. The molecule has 3 N–H and O–H groups in total. The van der Waals surface area contributed by atoms with Crippen LogP contribution in [0.25, 0.3) is 0 Å². The number of ether oxygens (including phenoxy) is 1. The van der Waals surface area contributed by atoms with Crippen molar-refractivity contribution in [3.63, 3.8) is 0 Å². The van der Waals surface area contributed by atoms with Crippen molar-refractivity contribution in [1.82, 2.24) is 10.6 Å². The van der Waals surface area contributed by atoms with Gasteiger partial charge in [-0.25, -0.2) is 0 Å². The van der Waals surface area contributed by atoms with Crippen LogP contribution in [0.1, 0.15) is 30.9 Å². The van der Waals surface area contributed by atoms with Gasteiger partial charge in [0, 0.05) is 17.7 Å². The van der Waals surface area contributed by atoms with Gasteiger partial charge in [0.05, 0.1) is 17.6 Å². The molecular weight excluding hydrogens is 368 g/mol. The fourth-order valence-corrected chi connectivity index (χ4v) is 3.69. The van der Waals surface area contributed by atoms with Gasteiger partial charge in [0.2, 0.25) is 0 Å². The molecule has 2 aliphatic rings. The summed E-state index contributed by atoms with van der Waals surface area (Å²) < 4.78 is 5.60. The molecule has 0 spiro atoms. The van der Waals surface area contributed by atoms with E-state index in [1.807, 2.05) is 6.07 Å². The number of aromatic hydroxyl groups is 1. The van der Waals surface area contributed by atoms with Crippen molar-refractivity contribution in [2.24, 2.45) is 0 Å². The Hall–Kier alpha value is -1.60. The number of carbonyl (C=O) groups excluding carboxylic acids is 1. The van der Waals surface area contributed by atoms with Crippen molar-refractivity contribution in [1.29, 1.82) is 0 Å². The molecule has 7 heteroatoms. The summed E-state index contributed by atoms with van der Waals surface area (Å²) in [5.74, 6) is 0.490. The molecule has 1 heterocycles. The van der Waals surface area contributed by atoms with E-state index in [9.17, 15) is 9.90 Å². The maximum Gasteiger partial charge on any atom is 0.172 e. The molecule has 0 fully saturated rings. The molecule has 1 aliphatic heterocycles. The van der Waals surface area contributed by atoms with Gasteiger partial charge in [-0.3, -0.25) is 4.79 Å². The van der Waals surface area contributed by atoms with Gasteiger partial charge < -0.3 is 20.5 Å². The van der Waals surface area contributed by atoms with Crippen molar-refractivity contribution in [3.8, 4) is 11.5 Å². The Morgan fingerprint density at radius 3 is 2.91 bits per heavy atom. The zero-order chi connectivity index (χ0) is 15.9. The van der Waals surface area contributed by atoms with E-state index < -0.39 is 0 Å². The molecule has 0 radical (unpaired) electrons. The number of hydrogen-bond donors (Lipinski definition) is 3. The normalized spacial score (nSPS) is 21.1. The van der Waals surface area contributed by atoms with E-state index in [1.54, 1.807) is 6.07 Å². The number of carbonyl (C=O) groups is 1. The third kappa shape index (κ3) is 2.48. The first-order chi connectivity index (χ1) is 10.5. The molecule has 0 bridgehead atoms. The van der Waals surface area contributed by atoms with E-state index in [0.29, 0.717) is 27.3 Å². The van der Waals surface area contributed by atoms with Crippen LogP contribution in [0.4, 0.5) is 0 Å². The topological polar surface area (TPSA) is 70.6 Å². The van der Waals surface area contributed by atoms with Gasteiger partial charge in [0.15, 0.2) is 22.4 Å². The number of methoxy groups -OCH3 is 1. The van der Waals surface area contributed by atoms with Crippen LogP contribution >= 0.6 is 28.1 Å². The molecule has 1 aromatic rings. The fourth-order valence-electron chi connectivity index (χ4n) is 2.89. The van der Waals surface area contributed by atoms with Crippen molar-refractivity contribution >= 4 is 39.0 Å². The van der Waals surface area contributed by atoms with Crippen molar-refractivity contribution in [3.05, 3.63) is 33.4 Å². The fraction of sp³-hybridized carbons (Fsp3) is 0.333. The number of phenols is 1. The molecule has 1 aromatic carbocycles. The highest BCUT2D eigenvalue weighted by Gasteiger charge is 2.34. The Bertz CT molecular complexity index is 702. The minimum absolute atomic E-state index is 0.0108. The molecule has 1 atom stereocenters. The predicted molar refractivity (Wildman–Crippen MR) is 89.9 cm³/mol. The van der Waals surface area contributed by atoms with Gasteiger partial charge in [-0.15, -0.1) is 0 Å². The second-order valence-corrected chi connectivity index (χ2v) is 6.42. The Kier molecular flexibility index (Phi) is 4.10. The Morgan fingerprint density at radius 2 is 2.18 bits per heavy atom. The minimum Gasteiger partial charge on any atom is -0.503 e. The number of benzene rings is 1. The number of nitrogens with one attached hydrogen (secondary N) is 2. The van der Waals surface area contributed by atoms with Gasteiger partial charge in [-0.05, 0) is 52.6 Å². The van der Waals surface area contributed by atoms with Gasteiger partial charge in [-0.1, -0.05) is 6.07 Å². The van der Waals surface area contributed by atoms with Crippen molar-refractivity contribution in [2.75, 3.05) is 7.11 Å². The lowest BCUT2D eigenvalue weighted by Crippen LogP contribution is -2.46. The van der Waals surface area contributed by atoms with Gasteiger partial charge >= 0.3 is 0 Å². The van der Waals surface area contributed by atoms with E-state index in [1.165, 1.54) is 7.11 Å². The first kappa shape index (κ1) is 15.3. The number of hydrogen-bond acceptors (Lipinski definition) is 4. The second kappa shape index (κ2) is 5.89. The molecule has 0 saturated carbocycles. The maximum absolute atomic E-state index is 12.4. The molecule has 1 aliphatic carbocycles. The summed E-state index contributed by atoms with van der Waals surface area (Å²) in [6, 6.07) is 3.12. The Labute approximate surface area is 141 Å². The van der Waals surface area contributed by atoms with Crippen LogP contribution in [0.2, 0.25) is 0 Å². The van der Waals surface area contributed by atoms with E-state index in [2.05, 4.69) is 26.6 Å². The summed E-state index contributed by atoms with van der Waals surface area (Å²) >= 11 is 8.64. The number of Topliss-reactive ketones (excluding diaryl/α,β-unsaturated/α-hetero) is 1. The zero-order valence-corrected chi connectivity index (χ0v) is 14.3. The number of halogens is 1. The average Bonchev–Trinajstić information content (AvgIpc) is 2.49. The lowest BCUT2D eigenvalue weighted by atomic mass is 9.85. The maximum atomic E-state index is 12.4. The first-order valence-corrected chi connectivity index (χ1v) is 8.12. The largest absolute Gasteiger partial charge is 0.503 e. The van der Waals surface area contributed by atoms with Crippen molar-refractivity contribution < 1.29 is 14.6 Å². The Balaban J connectivity index is 2.12. The van der Waals surface area contributed by atoms with E-state index >= 15 is 0 Å². The standard InChI is InChI=1S/C15H15BrN2O3S/c1-21-10-6-5-7(12(16)14(10)20)13-11-8(17-15(22)18-13)3-2-4-9(11)19/h5-6,13,20H,2-4H2,1H3,(H2,17,18,22).